The first-order valence-electron chi connectivity index (χ1n) is 8.41. The highest BCUT2D eigenvalue weighted by Crippen LogP contribution is 2.37. The zero-order valence-corrected chi connectivity index (χ0v) is 14.4. The Bertz CT molecular complexity index is 666. The number of hydrogen-bond acceptors (Lipinski definition) is 5. The van der Waals surface area contributed by atoms with Gasteiger partial charge >= 0.3 is 0 Å². The Morgan fingerprint density at radius 1 is 1.26 bits per heavy atom. The van der Waals surface area contributed by atoms with Crippen LogP contribution < -0.4 is 9.64 Å². The van der Waals surface area contributed by atoms with Gasteiger partial charge in [0.15, 0.2) is 5.13 Å². The maximum atomic E-state index is 5.36. The van der Waals surface area contributed by atoms with Gasteiger partial charge in [0.25, 0.3) is 0 Å². The molecule has 23 heavy (non-hydrogen) atoms. The first kappa shape index (κ1) is 15.0. The molecule has 2 aliphatic heterocycles. The Hall–Kier alpha value is -1.59. The van der Waals surface area contributed by atoms with Gasteiger partial charge in [-0.05, 0) is 37.0 Å². The van der Waals surface area contributed by atoms with E-state index in [-0.39, 0.29) is 0 Å². The molecule has 2 aromatic rings. The highest BCUT2D eigenvalue weighted by atomic mass is 32.1. The third-order valence-corrected chi connectivity index (χ3v) is 5.93. The Morgan fingerprint density at radius 2 is 2.13 bits per heavy atom. The predicted molar refractivity (Wildman–Crippen MR) is 94.3 cm³/mol. The molecule has 4 rings (SSSR count). The third kappa shape index (κ3) is 3.08. The molecule has 4 nitrogen and oxygen atoms in total. The van der Waals surface area contributed by atoms with Crippen molar-refractivity contribution in [3.8, 4) is 5.75 Å². The van der Waals surface area contributed by atoms with Gasteiger partial charge in [0.1, 0.15) is 5.75 Å². The topological polar surface area (TPSA) is 28.6 Å². The Balaban J connectivity index is 1.42. The van der Waals surface area contributed by atoms with Gasteiger partial charge in [-0.2, -0.15) is 0 Å². The summed E-state index contributed by atoms with van der Waals surface area (Å²) in [4.78, 5) is 11.0. The molecule has 1 aromatic carbocycles. The molecule has 0 amide bonds. The van der Waals surface area contributed by atoms with E-state index in [0.29, 0.717) is 6.04 Å². The Labute approximate surface area is 141 Å². The van der Waals surface area contributed by atoms with Crippen molar-refractivity contribution in [2.24, 2.45) is 0 Å². The normalized spacial score (nSPS) is 21.4. The van der Waals surface area contributed by atoms with Crippen LogP contribution in [0.2, 0.25) is 0 Å². The van der Waals surface area contributed by atoms with Gasteiger partial charge in [0.2, 0.25) is 0 Å². The minimum atomic E-state index is 0.516. The van der Waals surface area contributed by atoms with Crippen LogP contribution in [0.3, 0.4) is 0 Å². The fraction of sp³-hybridized carbons (Fsp3) is 0.500. The molecule has 0 bridgehead atoms. The molecule has 0 spiro atoms. The molecule has 2 fully saturated rings. The van der Waals surface area contributed by atoms with Gasteiger partial charge in [-0.3, -0.25) is 4.90 Å². The first-order chi connectivity index (χ1) is 11.3. The summed E-state index contributed by atoms with van der Waals surface area (Å²) >= 11 is 1.86. The monoisotopic (exact) mass is 329 g/mol. The summed E-state index contributed by atoms with van der Waals surface area (Å²) in [6, 6.07) is 8.99. The van der Waals surface area contributed by atoms with Crippen molar-refractivity contribution < 1.29 is 4.74 Å². The van der Waals surface area contributed by atoms with Gasteiger partial charge in [-0.15, -0.1) is 11.3 Å². The smallest absolute Gasteiger partial charge is 0.185 e. The Morgan fingerprint density at radius 3 is 2.87 bits per heavy atom. The fourth-order valence-corrected chi connectivity index (χ4v) is 4.47. The maximum Gasteiger partial charge on any atom is 0.185 e. The lowest BCUT2D eigenvalue weighted by atomic mass is 9.94. The molecular weight excluding hydrogens is 306 g/mol. The molecule has 1 aromatic heterocycles. The summed E-state index contributed by atoms with van der Waals surface area (Å²) in [5.41, 5.74) is 1.36. The number of likely N-dealkylation sites (tertiary alicyclic amines) is 1. The van der Waals surface area contributed by atoms with Crippen molar-refractivity contribution in [1.82, 2.24) is 9.88 Å². The molecule has 0 aliphatic carbocycles. The molecule has 0 radical (unpaired) electrons. The van der Waals surface area contributed by atoms with Crippen LogP contribution in [0.4, 0.5) is 5.13 Å². The van der Waals surface area contributed by atoms with Crippen molar-refractivity contribution >= 4 is 16.5 Å². The highest BCUT2D eigenvalue weighted by Gasteiger charge is 2.30. The van der Waals surface area contributed by atoms with Crippen LogP contribution in [-0.2, 0) is 6.54 Å². The maximum absolute atomic E-state index is 5.36. The minimum absolute atomic E-state index is 0.516. The van der Waals surface area contributed by atoms with Crippen LogP contribution in [0.15, 0.2) is 30.5 Å². The minimum Gasteiger partial charge on any atom is -0.497 e. The van der Waals surface area contributed by atoms with Crippen LogP contribution in [0.1, 0.15) is 35.7 Å². The van der Waals surface area contributed by atoms with Crippen LogP contribution in [-0.4, -0.2) is 36.6 Å². The van der Waals surface area contributed by atoms with Crippen LogP contribution >= 0.6 is 11.3 Å². The molecule has 3 heterocycles. The molecule has 5 heteroatoms. The summed E-state index contributed by atoms with van der Waals surface area (Å²) in [6.07, 6.45) is 5.90. The zero-order chi connectivity index (χ0) is 15.6. The molecular formula is C18H23N3OS. The van der Waals surface area contributed by atoms with E-state index < -0.39 is 0 Å². The third-order valence-electron chi connectivity index (χ3n) is 4.89. The van der Waals surface area contributed by atoms with Gasteiger partial charge in [-0.1, -0.05) is 12.1 Å². The van der Waals surface area contributed by atoms with Crippen molar-refractivity contribution in [3.05, 3.63) is 40.9 Å². The summed E-state index contributed by atoms with van der Waals surface area (Å²) in [5, 5.41) is 1.20. The molecule has 2 saturated heterocycles. The predicted octanol–water partition coefficient (Wildman–Crippen LogP) is 3.70. The molecule has 122 valence electrons. The summed E-state index contributed by atoms with van der Waals surface area (Å²) in [7, 11) is 1.73. The summed E-state index contributed by atoms with van der Waals surface area (Å²) in [6.45, 7) is 4.51. The molecule has 1 atom stereocenters. The number of ether oxygens (including phenoxy) is 1. The van der Waals surface area contributed by atoms with Crippen molar-refractivity contribution in [1.29, 1.82) is 0 Å². The van der Waals surface area contributed by atoms with Gasteiger partial charge < -0.3 is 9.64 Å². The largest absolute Gasteiger partial charge is 0.497 e. The number of hydrogen-bond donors (Lipinski definition) is 0. The first-order valence-corrected chi connectivity index (χ1v) is 9.23. The van der Waals surface area contributed by atoms with E-state index in [1.807, 2.05) is 17.4 Å². The van der Waals surface area contributed by atoms with E-state index in [1.54, 1.807) is 7.11 Å². The van der Waals surface area contributed by atoms with E-state index in [1.165, 1.54) is 54.5 Å². The fourth-order valence-electron chi connectivity index (χ4n) is 3.48. The number of thiazole rings is 1. The standard InChI is InChI=1S/C18H23N3OS/c1-22-15-6-4-5-14(11-15)17-7-10-21(17)13-16-12-19-18(23-16)20-8-2-3-9-20/h4-6,11-12,17H,2-3,7-10,13H2,1H3/t17-/m1/s1. The second-order valence-corrected chi connectivity index (χ2v) is 7.45. The number of nitrogens with zero attached hydrogens (tertiary/aromatic N) is 3. The van der Waals surface area contributed by atoms with E-state index in [4.69, 9.17) is 4.74 Å². The number of benzene rings is 1. The SMILES string of the molecule is COc1cccc([C@H]2CCN2Cc2cnc(N3CCCC3)s2)c1. The van der Waals surface area contributed by atoms with E-state index in [2.05, 4.69) is 39.2 Å². The quantitative estimate of drug-likeness (QED) is 0.836. The van der Waals surface area contributed by atoms with Crippen LogP contribution in [0.5, 0.6) is 5.75 Å². The zero-order valence-electron chi connectivity index (χ0n) is 13.6. The van der Waals surface area contributed by atoms with E-state index >= 15 is 0 Å². The van der Waals surface area contributed by atoms with E-state index in [9.17, 15) is 0 Å². The lowest BCUT2D eigenvalue weighted by molar-refractivity contribution is 0.0829. The van der Waals surface area contributed by atoms with Crippen LogP contribution in [0.25, 0.3) is 0 Å². The highest BCUT2D eigenvalue weighted by molar-refractivity contribution is 7.15. The van der Waals surface area contributed by atoms with Crippen molar-refractivity contribution in [2.75, 3.05) is 31.6 Å². The Kier molecular flexibility index (Phi) is 4.23. The molecule has 0 saturated carbocycles. The van der Waals surface area contributed by atoms with Crippen LogP contribution in [0, 0.1) is 0 Å². The van der Waals surface area contributed by atoms with Crippen molar-refractivity contribution in [3.63, 3.8) is 0 Å². The number of rotatable bonds is 5. The van der Waals surface area contributed by atoms with Crippen molar-refractivity contribution in [2.45, 2.75) is 31.8 Å². The second-order valence-electron chi connectivity index (χ2n) is 6.35. The average molecular weight is 329 g/mol. The molecule has 2 aliphatic rings. The number of aromatic nitrogens is 1. The van der Waals surface area contributed by atoms with E-state index in [0.717, 1.165) is 12.3 Å². The average Bonchev–Trinajstić information content (AvgIpc) is 3.23. The number of anilines is 1. The van der Waals surface area contributed by atoms with Gasteiger partial charge in [0, 0.05) is 43.3 Å². The number of methoxy groups -OCH3 is 1. The summed E-state index contributed by atoms with van der Waals surface area (Å²) < 4.78 is 5.36. The van der Waals surface area contributed by atoms with Gasteiger partial charge in [0.05, 0.1) is 7.11 Å². The molecule has 0 N–H and O–H groups in total. The molecule has 0 unspecified atom stereocenters. The second kappa shape index (κ2) is 6.49. The van der Waals surface area contributed by atoms with Gasteiger partial charge in [-0.25, -0.2) is 4.98 Å². The lowest BCUT2D eigenvalue weighted by Crippen LogP contribution is -2.39. The lowest BCUT2D eigenvalue weighted by Gasteiger charge is -2.41. The summed E-state index contributed by atoms with van der Waals surface area (Å²) in [5.74, 6) is 0.948.